The van der Waals surface area contributed by atoms with E-state index in [1.807, 2.05) is 36.4 Å². The Bertz CT molecular complexity index is 3470. The topological polar surface area (TPSA) is 34.2 Å². The molecule has 4 nitrogen and oxygen atoms in total. The van der Waals surface area contributed by atoms with E-state index in [9.17, 15) is 0 Å². The third-order valence-corrected chi connectivity index (χ3v) is 12.6. The van der Waals surface area contributed by atoms with Gasteiger partial charge in [0.15, 0.2) is 5.58 Å². The van der Waals surface area contributed by atoms with Gasteiger partial charge in [0.05, 0.1) is 22.4 Å². The van der Waals surface area contributed by atoms with Crippen LogP contribution >= 0.6 is 0 Å². The Morgan fingerprint density at radius 2 is 1.20 bits per heavy atom. The second-order valence-corrected chi connectivity index (χ2v) is 16.4. The largest absolute Gasteiger partial charge is 0.434 e. The van der Waals surface area contributed by atoms with Gasteiger partial charge in [-0.15, -0.1) is 0 Å². The fourth-order valence-corrected chi connectivity index (χ4v) is 9.86. The van der Waals surface area contributed by atoms with E-state index in [2.05, 4.69) is 187 Å². The summed E-state index contributed by atoms with van der Waals surface area (Å²) in [4.78, 5) is 7.41. The molecule has 12 rings (SSSR count). The molecule has 284 valence electrons. The molecule has 1 aliphatic rings. The Kier molecular flexibility index (Phi) is 7.54. The lowest BCUT2D eigenvalue weighted by Crippen LogP contribution is -2.20. The van der Waals surface area contributed by atoms with Crippen LogP contribution < -0.4 is 4.90 Å². The molecule has 0 saturated heterocycles. The highest BCUT2D eigenvalue weighted by molar-refractivity contribution is 6.19. The quantitative estimate of drug-likeness (QED) is 0.169. The van der Waals surface area contributed by atoms with Crippen LogP contribution in [0.5, 0.6) is 0 Å². The van der Waals surface area contributed by atoms with Gasteiger partial charge in [0.1, 0.15) is 5.52 Å². The number of hydrogen-bond donors (Lipinski definition) is 0. The van der Waals surface area contributed by atoms with E-state index in [4.69, 9.17) is 9.40 Å². The molecule has 4 heteroatoms. The van der Waals surface area contributed by atoms with Crippen LogP contribution in [0.25, 0.3) is 83.1 Å². The van der Waals surface area contributed by atoms with Crippen molar-refractivity contribution >= 4 is 60.7 Å². The number of aromatic nitrogens is 2. The fraction of sp³-hybridized carbons (Fsp3) is 0.0536. The highest BCUT2D eigenvalue weighted by Crippen LogP contribution is 2.55. The zero-order valence-corrected chi connectivity index (χ0v) is 33.3. The van der Waals surface area contributed by atoms with Gasteiger partial charge in [-0.05, 0) is 99.4 Å². The van der Waals surface area contributed by atoms with Gasteiger partial charge in [0.25, 0.3) is 0 Å². The molecule has 0 aliphatic heterocycles. The Morgan fingerprint density at radius 3 is 2.08 bits per heavy atom. The Morgan fingerprint density at radius 1 is 0.517 bits per heavy atom. The van der Waals surface area contributed by atoms with Crippen LogP contribution in [-0.4, -0.2) is 9.55 Å². The molecule has 0 amide bonds. The molecule has 0 unspecified atom stereocenters. The molecular formula is C56H39N3O. The van der Waals surface area contributed by atoms with Gasteiger partial charge in [-0.2, -0.15) is 0 Å². The molecule has 9 aromatic carbocycles. The van der Waals surface area contributed by atoms with Gasteiger partial charge in [-0.3, -0.25) is 0 Å². The van der Waals surface area contributed by atoms with Crippen LogP contribution in [0.15, 0.2) is 205 Å². The minimum Gasteiger partial charge on any atom is -0.434 e. The maximum atomic E-state index is 6.76. The van der Waals surface area contributed by atoms with Crippen molar-refractivity contribution in [3.63, 3.8) is 0 Å². The van der Waals surface area contributed by atoms with Crippen molar-refractivity contribution < 1.29 is 4.42 Å². The van der Waals surface area contributed by atoms with Crippen molar-refractivity contribution in [2.24, 2.45) is 0 Å². The molecule has 0 fully saturated rings. The number of hydrogen-bond acceptors (Lipinski definition) is 3. The summed E-state index contributed by atoms with van der Waals surface area (Å²) in [5.41, 5.74) is 16.3. The predicted molar refractivity (Wildman–Crippen MR) is 249 cm³/mol. The first-order chi connectivity index (χ1) is 29.5. The summed E-state index contributed by atoms with van der Waals surface area (Å²) in [6.07, 6.45) is 0. The predicted octanol–water partition coefficient (Wildman–Crippen LogP) is 15.2. The molecule has 60 heavy (non-hydrogen) atoms. The molecule has 11 aromatic rings. The van der Waals surface area contributed by atoms with E-state index < -0.39 is 0 Å². The maximum Gasteiger partial charge on any atom is 0.227 e. The van der Waals surface area contributed by atoms with Gasteiger partial charge >= 0.3 is 0 Å². The first-order valence-electron chi connectivity index (χ1n) is 20.6. The Labute approximate surface area is 348 Å². The molecular weight excluding hydrogens is 731 g/mol. The van der Waals surface area contributed by atoms with E-state index in [0.717, 1.165) is 50.5 Å². The SMILES string of the molecule is CC1(C)c2ccccc2-c2cccc(N(c3cccc(-c4ccc5c6ccc7ccccc7c6n(-c6ccccc6)c5c4)c3)c3cccc4nc(-c5ccccc5)oc34)c21. The number of benzene rings is 9. The zero-order valence-electron chi connectivity index (χ0n) is 33.3. The number of rotatable bonds is 6. The van der Waals surface area contributed by atoms with Gasteiger partial charge in [0.2, 0.25) is 5.89 Å². The summed E-state index contributed by atoms with van der Waals surface area (Å²) in [5.74, 6) is 0.604. The van der Waals surface area contributed by atoms with Crippen LogP contribution in [0.4, 0.5) is 17.1 Å². The summed E-state index contributed by atoms with van der Waals surface area (Å²) < 4.78 is 9.20. The molecule has 2 heterocycles. The average Bonchev–Trinajstić information content (AvgIpc) is 3.96. The molecule has 2 aromatic heterocycles. The van der Waals surface area contributed by atoms with Gasteiger partial charge < -0.3 is 13.9 Å². The summed E-state index contributed by atoms with van der Waals surface area (Å²) in [5, 5.41) is 4.95. The second-order valence-electron chi connectivity index (χ2n) is 16.4. The molecule has 0 N–H and O–H groups in total. The average molecular weight is 770 g/mol. The number of nitrogens with zero attached hydrogens (tertiary/aromatic N) is 3. The lowest BCUT2D eigenvalue weighted by Gasteiger charge is -2.32. The summed E-state index contributed by atoms with van der Waals surface area (Å²) in [6, 6.07) is 71.9. The van der Waals surface area contributed by atoms with Gasteiger partial charge in [-0.1, -0.05) is 153 Å². The lowest BCUT2D eigenvalue weighted by molar-refractivity contribution is 0.620. The third kappa shape index (κ3) is 5.14. The molecule has 0 atom stereocenters. The van der Waals surface area contributed by atoms with Crippen molar-refractivity contribution in [3.8, 4) is 39.4 Å². The van der Waals surface area contributed by atoms with Crippen molar-refractivity contribution in [2.45, 2.75) is 19.3 Å². The first kappa shape index (κ1) is 34.4. The normalized spacial score (nSPS) is 13.0. The van der Waals surface area contributed by atoms with Crippen LogP contribution in [0.1, 0.15) is 25.0 Å². The minimum absolute atomic E-state index is 0.247. The smallest absolute Gasteiger partial charge is 0.227 e. The van der Waals surface area contributed by atoms with Crippen LogP contribution in [0.2, 0.25) is 0 Å². The molecule has 1 aliphatic carbocycles. The second kappa shape index (κ2) is 13.2. The fourth-order valence-electron chi connectivity index (χ4n) is 9.86. The third-order valence-electron chi connectivity index (χ3n) is 12.6. The van der Waals surface area contributed by atoms with E-state index in [0.29, 0.717) is 5.89 Å². The monoisotopic (exact) mass is 769 g/mol. The summed E-state index contributed by atoms with van der Waals surface area (Å²) in [6.45, 7) is 4.70. The van der Waals surface area contributed by atoms with Gasteiger partial charge in [0, 0.05) is 38.5 Å². The molecule has 0 spiro atoms. The van der Waals surface area contributed by atoms with Crippen molar-refractivity contribution in [3.05, 3.63) is 211 Å². The zero-order chi connectivity index (χ0) is 40.0. The van der Waals surface area contributed by atoms with E-state index in [-0.39, 0.29) is 5.41 Å². The summed E-state index contributed by atoms with van der Waals surface area (Å²) >= 11 is 0. The van der Waals surface area contributed by atoms with Crippen LogP contribution in [0.3, 0.4) is 0 Å². The van der Waals surface area contributed by atoms with Crippen LogP contribution in [0, 0.1) is 0 Å². The Balaban J connectivity index is 1.09. The number of anilines is 3. The molecule has 0 bridgehead atoms. The first-order valence-corrected chi connectivity index (χ1v) is 20.6. The van der Waals surface area contributed by atoms with Crippen molar-refractivity contribution in [1.82, 2.24) is 9.55 Å². The summed E-state index contributed by atoms with van der Waals surface area (Å²) in [7, 11) is 0. The molecule has 0 saturated carbocycles. The van der Waals surface area contributed by atoms with E-state index in [1.54, 1.807) is 0 Å². The standard InChI is InChI=1S/C56H39N3O/c1-56(2)47-26-12-11-24-43(47)45-25-14-28-49(52(45)56)58(50-29-15-27-48-54(50)60-55(57-48)37-17-5-3-6-18-37)41-22-13-19-38(34-41)39-31-32-44-46-33-30-36-16-9-10-23-42(36)53(46)59(51(44)35-39)40-20-7-4-8-21-40/h3-35H,1-2H3. The maximum absolute atomic E-state index is 6.76. The molecule has 0 radical (unpaired) electrons. The van der Waals surface area contributed by atoms with E-state index in [1.165, 1.54) is 54.8 Å². The van der Waals surface area contributed by atoms with Gasteiger partial charge in [-0.25, -0.2) is 4.98 Å². The highest BCUT2D eigenvalue weighted by Gasteiger charge is 2.39. The Hall–Kier alpha value is -7.69. The number of para-hydroxylation sites is 2. The highest BCUT2D eigenvalue weighted by atomic mass is 16.3. The van der Waals surface area contributed by atoms with Crippen LogP contribution in [-0.2, 0) is 5.41 Å². The number of oxazole rings is 1. The lowest BCUT2D eigenvalue weighted by atomic mass is 9.81. The van der Waals surface area contributed by atoms with E-state index >= 15 is 0 Å². The van der Waals surface area contributed by atoms with Crippen molar-refractivity contribution in [2.75, 3.05) is 4.90 Å². The minimum atomic E-state index is -0.247. The number of fused-ring (bicyclic) bond motifs is 9. The van der Waals surface area contributed by atoms with Crippen molar-refractivity contribution in [1.29, 1.82) is 0 Å².